The maximum Gasteiger partial charge on any atom is 0.307 e. The van der Waals surface area contributed by atoms with Crippen LogP contribution in [0, 0.1) is 0 Å². The number of benzene rings is 2. The summed E-state index contributed by atoms with van der Waals surface area (Å²) in [7, 11) is 0. The van der Waals surface area contributed by atoms with E-state index in [1.807, 2.05) is 24.4 Å². The third kappa shape index (κ3) is 5.06. The Bertz CT molecular complexity index is 1520. The summed E-state index contributed by atoms with van der Waals surface area (Å²) in [6, 6.07) is 13.3. The van der Waals surface area contributed by atoms with Crippen molar-refractivity contribution in [3.63, 3.8) is 0 Å². The van der Waals surface area contributed by atoms with Crippen LogP contribution in [0.25, 0.3) is 32.6 Å². The number of hydrogen-bond donors (Lipinski definition) is 2. The molecule has 0 amide bonds. The first kappa shape index (κ1) is 24.8. The van der Waals surface area contributed by atoms with Crippen LogP contribution < -0.4 is 0 Å². The van der Waals surface area contributed by atoms with Gasteiger partial charge in [-0.3, -0.25) is 4.79 Å². The zero-order valence-corrected chi connectivity index (χ0v) is 21.4. The van der Waals surface area contributed by atoms with Gasteiger partial charge in [-0.25, -0.2) is 4.98 Å². The minimum atomic E-state index is -0.890. The summed E-state index contributed by atoms with van der Waals surface area (Å²) in [5.74, 6) is 0.0218. The molecule has 0 spiro atoms. The van der Waals surface area contributed by atoms with E-state index in [1.54, 1.807) is 23.5 Å². The second-order valence-electron chi connectivity index (χ2n) is 9.64. The molecule has 5 rings (SSSR count). The first-order valence-corrected chi connectivity index (χ1v) is 12.1. The molecular formula is C27H27ClN2O4S. The standard InChI is InChI=1S/C27H26N2O4S.ClH/c1-27(2,3)24-15-34-26(28-24)23-11-17-10-16(4-7-22(17)33-23)8-9-29-14-18(12-25(31)32)20-13-19(30)5-6-21(20)29;/h4-7,10-11,13-15,30H,8-9,12H2,1-3H3,(H,31,32);1H. The molecule has 0 fully saturated rings. The minimum Gasteiger partial charge on any atom is -0.508 e. The molecule has 0 unspecified atom stereocenters. The molecule has 6 nitrogen and oxygen atoms in total. The van der Waals surface area contributed by atoms with Crippen LogP contribution in [0.3, 0.4) is 0 Å². The Morgan fingerprint density at radius 1 is 1.14 bits per heavy atom. The van der Waals surface area contributed by atoms with E-state index >= 15 is 0 Å². The van der Waals surface area contributed by atoms with Gasteiger partial charge >= 0.3 is 5.97 Å². The van der Waals surface area contributed by atoms with Crippen LogP contribution >= 0.6 is 23.7 Å². The summed E-state index contributed by atoms with van der Waals surface area (Å²) in [6.07, 6.45) is 2.57. The van der Waals surface area contributed by atoms with Crippen LogP contribution in [0.5, 0.6) is 5.75 Å². The lowest BCUT2D eigenvalue weighted by atomic mass is 9.93. The van der Waals surface area contributed by atoms with Gasteiger partial charge in [-0.05, 0) is 53.9 Å². The van der Waals surface area contributed by atoms with Crippen molar-refractivity contribution in [1.82, 2.24) is 9.55 Å². The quantitative estimate of drug-likeness (QED) is 0.262. The van der Waals surface area contributed by atoms with Crippen LogP contribution in [-0.4, -0.2) is 25.7 Å². The summed E-state index contributed by atoms with van der Waals surface area (Å²) >= 11 is 1.60. The Labute approximate surface area is 213 Å². The Balaban J connectivity index is 0.00000289. The number of phenolic OH excluding ortho intramolecular Hbond substituents is 1. The monoisotopic (exact) mass is 510 g/mol. The summed E-state index contributed by atoms with van der Waals surface area (Å²) in [6.45, 7) is 7.15. The van der Waals surface area contributed by atoms with Gasteiger partial charge in [0.25, 0.3) is 0 Å². The van der Waals surface area contributed by atoms with Crippen molar-refractivity contribution in [2.24, 2.45) is 0 Å². The smallest absolute Gasteiger partial charge is 0.307 e. The van der Waals surface area contributed by atoms with Gasteiger partial charge in [-0.2, -0.15) is 0 Å². The van der Waals surface area contributed by atoms with Crippen molar-refractivity contribution >= 4 is 51.6 Å². The number of nitrogens with zero attached hydrogens (tertiary/aromatic N) is 2. The number of aryl methyl sites for hydroxylation is 2. The van der Waals surface area contributed by atoms with E-state index in [1.165, 1.54) is 0 Å². The lowest BCUT2D eigenvalue weighted by Crippen LogP contribution is -2.11. The van der Waals surface area contributed by atoms with E-state index in [0.717, 1.165) is 50.3 Å². The molecule has 0 aliphatic heterocycles. The maximum atomic E-state index is 11.3. The van der Waals surface area contributed by atoms with Gasteiger partial charge in [-0.15, -0.1) is 23.7 Å². The van der Waals surface area contributed by atoms with Crippen LogP contribution in [0.4, 0.5) is 0 Å². The SMILES string of the molecule is CC(C)(C)c1csc(-c2cc3cc(CCn4cc(CC(=O)O)c5cc(O)ccc54)ccc3o2)n1.Cl. The van der Waals surface area contributed by atoms with E-state index < -0.39 is 5.97 Å². The van der Waals surface area contributed by atoms with Gasteiger partial charge in [0.1, 0.15) is 11.3 Å². The number of carboxylic acid groups (broad SMARTS) is 1. The Kier molecular flexibility index (Phi) is 6.66. The predicted molar refractivity (Wildman–Crippen MR) is 142 cm³/mol. The first-order valence-electron chi connectivity index (χ1n) is 11.2. The van der Waals surface area contributed by atoms with Crippen molar-refractivity contribution in [3.05, 3.63) is 70.9 Å². The third-order valence-electron chi connectivity index (χ3n) is 5.99. The fourth-order valence-electron chi connectivity index (χ4n) is 4.18. The van der Waals surface area contributed by atoms with Gasteiger partial charge in [0.15, 0.2) is 10.8 Å². The van der Waals surface area contributed by atoms with Crippen molar-refractivity contribution in [1.29, 1.82) is 0 Å². The van der Waals surface area contributed by atoms with Crippen LogP contribution in [0.2, 0.25) is 0 Å². The Morgan fingerprint density at radius 3 is 2.66 bits per heavy atom. The number of aromatic hydroxyl groups is 1. The average Bonchev–Trinajstić information content (AvgIpc) is 3.48. The van der Waals surface area contributed by atoms with Gasteiger partial charge < -0.3 is 19.2 Å². The fourth-order valence-corrected chi connectivity index (χ4v) is 5.18. The largest absolute Gasteiger partial charge is 0.508 e. The van der Waals surface area contributed by atoms with Gasteiger partial charge in [0.2, 0.25) is 0 Å². The number of hydrogen-bond acceptors (Lipinski definition) is 5. The number of furan rings is 1. The lowest BCUT2D eigenvalue weighted by molar-refractivity contribution is -0.136. The molecule has 0 radical (unpaired) electrons. The Morgan fingerprint density at radius 2 is 1.94 bits per heavy atom. The van der Waals surface area contributed by atoms with Gasteiger partial charge in [-0.1, -0.05) is 26.8 Å². The number of carboxylic acids is 1. The summed E-state index contributed by atoms with van der Waals surface area (Å²) in [5, 5.41) is 23.9. The normalized spacial score (nSPS) is 11.7. The second-order valence-corrected chi connectivity index (χ2v) is 10.5. The Hall–Kier alpha value is -3.29. The number of aliphatic carboxylic acids is 1. The fraction of sp³-hybridized carbons (Fsp3) is 0.259. The lowest BCUT2D eigenvalue weighted by Gasteiger charge is -2.13. The molecule has 3 aromatic heterocycles. The van der Waals surface area contributed by atoms with Crippen LogP contribution in [0.1, 0.15) is 37.6 Å². The zero-order chi connectivity index (χ0) is 24.0. The minimum absolute atomic E-state index is 0. The molecule has 3 heterocycles. The number of phenols is 1. The van der Waals surface area contributed by atoms with Crippen molar-refractivity contribution in [3.8, 4) is 16.5 Å². The van der Waals surface area contributed by atoms with Crippen LogP contribution in [0.15, 0.2) is 58.5 Å². The van der Waals surface area contributed by atoms with Crippen molar-refractivity contribution in [2.75, 3.05) is 0 Å². The number of fused-ring (bicyclic) bond motifs is 2. The number of aromatic nitrogens is 2. The highest BCUT2D eigenvalue weighted by Crippen LogP contribution is 2.34. The molecule has 2 aromatic carbocycles. The molecule has 0 saturated carbocycles. The molecule has 2 N–H and O–H groups in total. The zero-order valence-electron chi connectivity index (χ0n) is 19.7. The molecule has 35 heavy (non-hydrogen) atoms. The summed E-state index contributed by atoms with van der Waals surface area (Å²) in [5.41, 5.74) is 4.67. The molecule has 0 bridgehead atoms. The highest BCUT2D eigenvalue weighted by molar-refractivity contribution is 7.13. The molecule has 0 atom stereocenters. The molecule has 0 saturated heterocycles. The van der Waals surface area contributed by atoms with E-state index in [-0.39, 0.29) is 30.0 Å². The summed E-state index contributed by atoms with van der Waals surface area (Å²) < 4.78 is 8.13. The predicted octanol–water partition coefficient (Wildman–Crippen LogP) is 6.81. The molecule has 0 aliphatic carbocycles. The maximum absolute atomic E-state index is 11.3. The molecule has 0 aliphatic rings. The number of rotatable bonds is 6. The molecular weight excluding hydrogens is 484 g/mol. The van der Waals surface area contributed by atoms with E-state index in [0.29, 0.717) is 12.1 Å². The highest BCUT2D eigenvalue weighted by atomic mass is 35.5. The average molecular weight is 511 g/mol. The second kappa shape index (κ2) is 9.40. The molecule has 5 aromatic rings. The molecule has 8 heteroatoms. The number of thiazole rings is 1. The number of halogens is 1. The topological polar surface area (TPSA) is 88.5 Å². The highest BCUT2D eigenvalue weighted by Gasteiger charge is 2.19. The molecule has 182 valence electrons. The first-order chi connectivity index (χ1) is 16.2. The third-order valence-corrected chi connectivity index (χ3v) is 6.85. The van der Waals surface area contributed by atoms with Crippen molar-refractivity contribution in [2.45, 2.75) is 45.6 Å². The van der Waals surface area contributed by atoms with Crippen LogP contribution in [-0.2, 0) is 29.6 Å². The van der Waals surface area contributed by atoms with E-state index in [2.05, 4.69) is 42.9 Å². The number of carbonyl (C=O) groups is 1. The van der Waals surface area contributed by atoms with Gasteiger partial charge in [0, 0.05) is 39.8 Å². The van der Waals surface area contributed by atoms with E-state index in [9.17, 15) is 15.0 Å². The van der Waals surface area contributed by atoms with Crippen molar-refractivity contribution < 1.29 is 19.4 Å². The van der Waals surface area contributed by atoms with E-state index in [4.69, 9.17) is 9.40 Å². The summed E-state index contributed by atoms with van der Waals surface area (Å²) in [4.78, 5) is 16.0. The van der Waals surface area contributed by atoms with Gasteiger partial charge in [0.05, 0.1) is 12.1 Å².